The van der Waals surface area contributed by atoms with E-state index in [4.69, 9.17) is 5.11 Å². The van der Waals surface area contributed by atoms with Crippen molar-refractivity contribution in [1.29, 1.82) is 0 Å². The van der Waals surface area contributed by atoms with Crippen LogP contribution in [0.4, 0.5) is 14.5 Å². The molecule has 0 aromatic heterocycles. The maximum atomic E-state index is 12.9. The smallest absolute Gasteiger partial charge is 0.323 e. The highest BCUT2D eigenvalue weighted by molar-refractivity contribution is 5.92. The minimum absolute atomic E-state index is 0.0302. The van der Waals surface area contributed by atoms with Gasteiger partial charge in [0.25, 0.3) is 0 Å². The fourth-order valence-electron chi connectivity index (χ4n) is 1.21. The van der Waals surface area contributed by atoms with E-state index in [1.165, 1.54) is 13.8 Å². The molecule has 7 heteroatoms. The lowest BCUT2D eigenvalue weighted by Crippen LogP contribution is -2.49. The van der Waals surface area contributed by atoms with Gasteiger partial charge >= 0.3 is 5.97 Å². The summed E-state index contributed by atoms with van der Waals surface area (Å²) in [5.74, 6) is -3.33. The van der Waals surface area contributed by atoms with Crippen molar-refractivity contribution in [3.8, 4) is 0 Å². The number of carboxylic acids is 1. The first-order valence-electron chi connectivity index (χ1n) is 5.45. The van der Waals surface area contributed by atoms with E-state index in [1.54, 1.807) is 0 Å². The van der Waals surface area contributed by atoms with Crippen LogP contribution in [0.25, 0.3) is 0 Å². The fraction of sp³-hybridized carbons (Fsp3) is 0.333. The molecule has 104 valence electrons. The van der Waals surface area contributed by atoms with Gasteiger partial charge in [-0.15, -0.1) is 0 Å². The Bertz CT molecular complexity index is 483. The minimum atomic E-state index is -1.27. The van der Waals surface area contributed by atoms with Gasteiger partial charge in [0.15, 0.2) is 0 Å². The highest BCUT2D eigenvalue weighted by atomic mass is 19.1. The van der Waals surface area contributed by atoms with Gasteiger partial charge in [0.05, 0.1) is 6.54 Å². The summed E-state index contributed by atoms with van der Waals surface area (Å²) in [5.41, 5.74) is -1.30. The maximum Gasteiger partial charge on any atom is 0.323 e. The molecule has 0 saturated carbocycles. The number of hydrogen-bond donors (Lipinski definition) is 3. The molecule has 0 saturated heterocycles. The molecule has 0 aliphatic rings. The molecule has 0 aliphatic heterocycles. The SMILES string of the molecule is CC(C)(NCC(=O)Nc1cc(F)cc(F)c1)C(=O)O. The van der Waals surface area contributed by atoms with Gasteiger partial charge < -0.3 is 10.4 Å². The zero-order chi connectivity index (χ0) is 14.6. The van der Waals surface area contributed by atoms with Gasteiger partial charge in [-0.05, 0) is 26.0 Å². The number of anilines is 1. The number of halogens is 2. The van der Waals surface area contributed by atoms with Crippen LogP contribution in [0.2, 0.25) is 0 Å². The fourth-order valence-corrected chi connectivity index (χ4v) is 1.21. The molecule has 0 unspecified atom stereocenters. The highest BCUT2D eigenvalue weighted by Crippen LogP contribution is 2.12. The second-order valence-electron chi connectivity index (χ2n) is 4.49. The van der Waals surface area contributed by atoms with Crippen molar-refractivity contribution in [3.05, 3.63) is 29.8 Å². The average molecular weight is 272 g/mol. The lowest BCUT2D eigenvalue weighted by molar-refractivity contribution is -0.143. The van der Waals surface area contributed by atoms with Crippen LogP contribution in [0, 0.1) is 11.6 Å². The Labute approximate surface area is 108 Å². The third-order valence-electron chi connectivity index (χ3n) is 2.37. The van der Waals surface area contributed by atoms with Crippen molar-refractivity contribution < 1.29 is 23.5 Å². The minimum Gasteiger partial charge on any atom is -0.480 e. The number of carbonyl (C=O) groups excluding carboxylic acids is 1. The van der Waals surface area contributed by atoms with Crippen molar-refractivity contribution in [2.24, 2.45) is 0 Å². The molecule has 0 radical (unpaired) electrons. The number of aliphatic carboxylic acids is 1. The van der Waals surface area contributed by atoms with E-state index in [0.717, 1.165) is 12.1 Å². The summed E-state index contributed by atoms with van der Waals surface area (Å²) in [4.78, 5) is 22.3. The first kappa shape index (κ1) is 15.0. The topological polar surface area (TPSA) is 78.4 Å². The molecule has 1 amide bonds. The number of amides is 1. The summed E-state index contributed by atoms with van der Waals surface area (Å²) in [6, 6.07) is 2.61. The Hall–Kier alpha value is -2.02. The normalized spacial score (nSPS) is 11.2. The molecule has 19 heavy (non-hydrogen) atoms. The quantitative estimate of drug-likeness (QED) is 0.756. The Balaban J connectivity index is 2.59. The molecule has 0 spiro atoms. The Morgan fingerprint density at radius 3 is 2.21 bits per heavy atom. The molecule has 3 N–H and O–H groups in total. The summed E-state index contributed by atoms with van der Waals surface area (Å²) in [7, 11) is 0. The van der Waals surface area contributed by atoms with Crippen molar-refractivity contribution >= 4 is 17.6 Å². The molecule has 0 bridgehead atoms. The molecule has 0 atom stereocenters. The van der Waals surface area contributed by atoms with E-state index < -0.39 is 29.0 Å². The number of rotatable bonds is 5. The molecule has 5 nitrogen and oxygen atoms in total. The van der Waals surface area contributed by atoms with Crippen molar-refractivity contribution in [3.63, 3.8) is 0 Å². The average Bonchev–Trinajstić information content (AvgIpc) is 2.24. The second kappa shape index (κ2) is 5.75. The number of nitrogens with one attached hydrogen (secondary N) is 2. The monoisotopic (exact) mass is 272 g/mol. The molecule has 0 aliphatic carbocycles. The van der Waals surface area contributed by atoms with Gasteiger partial charge in [0, 0.05) is 11.8 Å². The number of benzene rings is 1. The summed E-state index contributed by atoms with van der Waals surface area (Å²) in [5, 5.41) is 13.6. The van der Waals surface area contributed by atoms with E-state index in [1.807, 2.05) is 0 Å². The molecule has 1 aromatic carbocycles. The van der Waals surface area contributed by atoms with E-state index in [-0.39, 0.29) is 12.2 Å². The Morgan fingerprint density at radius 1 is 1.21 bits per heavy atom. The maximum absolute atomic E-state index is 12.9. The van der Waals surface area contributed by atoms with Crippen LogP contribution >= 0.6 is 0 Å². The van der Waals surface area contributed by atoms with Gasteiger partial charge in [-0.25, -0.2) is 8.78 Å². The van der Waals surface area contributed by atoms with Crippen LogP contribution in [0.1, 0.15) is 13.8 Å². The summed E-state index contributed by atoms with van der Waals surface area (Å²) in [6.07, 6.45) is 0. The molecule has 0 heterocycles. The molecular weight excluding hydrogens is 258 g/mol. The van der Waals surface area contributed by atoms with Crippen LogP contribution in [0.15, 0.2) is 18.2 Å². The van der Waals surface area contributed by atoms with Gasteiger partial charge in [0.2, 0.25) is 5.91 Å². The number of hydrogen-bond acceptors (Lipinski definition) is 3. The van der Waals surface area contributed by atoms with E-state index in [2.05, 4.69) is 10.6 Å². The van der Waals surface area contributed by atoms with Crippen molar-refractivity contribution in [2.45, 2.75) is 19.4 Å². The molecular formula is C12H14F2N2O3. The predicted molar refractivity (Wildman–Crippen MR) is 64.7 cm³/mol. The van der Waals surface area contributed by atoms with Gasteiger partial charge in [0.1, 0.15) is 17.2 Å². The lowest BCUT2D eigenvalue weighted by atomic mass is 10.1. The van der Waals surface area contributed by atoms with Crippen LogP contribution in [0.3, 0.4) is 0 Å². The standard InChI is InChI=1S/C12H14F2N2O3/c1-12(2,11(18)19)15-6-10(17)16-9-4-7(13)3-8(14)5-9/h3-5,15H,6H2,1-2H3,(H,16,17)(H,18,19). The highest BCUT2D eigenvalue weighted by Gasteiger charge is 2.26. The number of carboxylic acid groups (broad SMARTS) is 1. The molecule has 0 fully saturated rings. The van der Waals surface area contributed by atoms with E-state index in [9.17, 15) is 18.4 Å². The zero-order valence-electron chi connectivity index (χ0n) is 10.5. The third-order valence-corrected chi connectivity index (χ3v) is 2.37. The Morgan fingerprint density at radius 2 is 1.74 bits per heavy atom. The summed E-state index contributed by atoms with van der Waals surface area (Å²) in [6.45, 7) is 2.49. The van der Waals surface area contributed by atoms with Crippen molar-refractivity contribution in [2.75, 3.05) is 11.9 Å². The second-order valence-corrected chi connectivity index (χ2v) is 4.49. The van der Waals surface area contributed by atoms with Crippen LogP contribution in [-0.2, 0) is 9.59 Å². The first-order chi connectivity index (χ1) is 8.70. The predicted octanol–water partition coefficient (Wildman–Crippen LogP) is 1.36. The summed E-state index contributed by atoms with van der Waals surface area (Å²) < 4.78 is 25.7. The van der Waals surface area contributed by atoms with Gasteiger partial charge in [-0.3, -0.25) is 14.9 Å². The zero-order valence-corrected chi connectivity index (χ0v) is 10.5. The van der Waals surface area contributed by atoms with E-state index >= 15 is 0 Å². The van der Waals surface area contributed by atoms with E-state index in [0.29, 0.717) is 6.07 Å². The molecule has 1 rings (SSSR count). The van der Waals surface area contributed by atoms with Crippen molar-refractivity contribution in [1.82, 2.24) is 5.32 Å². The van der Waals surface area contributed by atoms with Crippen LogP contribution < -0.4 is 10.6 Å². The van der Waals surface area contributed by atoms with Crippen LogP contribution in [0.5, 0.6) is 0 Å². The Kier molecular flexibility index (Phi) is 4.55. The lowest BCUT2D eigenvalue weighted by Gasteiger charge is -2.20. The molecule has 1 aromatic rings. The summed E-state index contributed by atoms with van der Waals surface area (Å²) >= 11 is 0. The third kappa shape index (κ3) is 4.63. The van der Waals surface area contributed by atoms with Gasteiger partial charge in [-0.2, -0.15) is 0 Å². The largest absolute Gasteiger partial charge is 0.480 e. The number of carbonyl (C=O) groups is 2. The van der Waals surface area contributed by atoms with Crippen LogP contribution in [-0.4, -0.2) is 29.1 Å². The van der Waals surface area contributed by atoms with Gasteiger partial charge in [-0.1, -0.05) is 0 Å². The first-order valence-corrected chi connectivity index (χ1v) is 5.45.